The van der Waals surface area contributed by atoms with Gasteiger partial charge in [-0.1, -0.05) is 18.1 Å². The topological polar surface area (TPSA) is 62.0 Å². The van der Waals surface area contributed by atoms with Crippen LogP contribution in [0, 0.1) is 5.92 Å². The van der Waals surface area contributed by atoms with Gasteiger partial charge in [0.15, 0.2) is 0 Å². The van der Waals surface area contributed by atoms with Gasteiger partial charge in [-0.3, -0.25) is 0 Å². The number of aliphatic imine (C=N–C) groups is 2. The summed E-state index contributed by atoms with van der Waals surface area (Å²) in [6.45, 7) is 16.2. The van der Waals surface area contributed by atoms with Crippen molar-refractivity contribution < 1.29 is 9.90 Å². The lowest BCUT2D eigenvalue weighted by Crippen LogP contribution is -2.28. The molecule has 1 heterocycles. The second kappa shape index (κ2) is 5.96. The minimum atomic E-state index is -1.27. The lowest BCUT2D eigenvalue weighted by Gasteiger charge is -2.09. The minimum absolute atomic E-state index is 0.694. The van der Waals surface area contributed by atoms with Gasteiger partial charge in [0.25, 0.3) is 0 Å². The van der Waals surface area contributed by atoms with Gasteiger partial charge in [0.2, 0.25) is 5.66 Å². The fourth-order valence-electron chi connectivity index (χ4n) is 2.50. The third-order valence-electron chi connectivity index (χ3n) is 4.74. The van der Waals surface area contributed by atoms with Crippen LogP contribution in [0.2, 0.25) is 0 Å². The molecule has 0 unspecified atom stereocenters. The van der Waals surface area contributed by atoms with Crippen molar-refractivity contribution in [3.63, 3.8) is 0 Å². The van der Waals surface area contributed by atoms with Gasteiger partial charge in [-0.25, -0.2) is 14.8 Å². The van der Waals surface area contributed by atoms with Crippen LogP contribution in [-0.2, 0) is 4.79 Å². The van der Waals surface area contributed by atoms with Crippen molar-refractivity contribution in [2.45, 2.75) is 61.1 Å². The molecule has 1 N–H and O–H groups in total. The fourth-order valence-corrected chi connectivity index (χ4v) is 2.50. The number of hydrogen-bond donors (Lipinski definition) is 1. The van der Waals surface area contributed by atoms with Crippen molar-refractivity contribution in [1.29, 1.82) is 0 Å². The van der Waals surface area contributed by atoms with E-state index < -0.39 is 11.6 Å². The Bertz CT molecular complexity index is 550. The average molecular weight is 290 g/mol. The second-order valence-corrected chi connectivity index (χ2v) is 6.06. The zero-order valence-corrected chi connectivity index (χ0v) is 14.3. The number of aliphatic carboxylic acids is 1. The van der Waals surface area contributed by atoms with E-state index in [1.807, 2.05) is 0 Å². The van der Waals surface area contributed by atoms with E-state index in [0.717, 1.165) is 0 Å². The molecule has 4 heteroatoms. The number of carbonyl (C=O) groups is 1. The number of rotatable bonds is 1. The molecule has 1 aliphatic carbocycles. The van der Waals surface area contributed by atoms with Gasteiger partial charge < -0.3 is 5.11 Å². The molecule has 21 heavy (non-hydrogen) atoms. The van der Waals surface area contributed by atoms with Crippen LogP contribution in [0.4, 0.5) is 0 Å². The summed E-state index contributed by atoms with van der Waals surface area (Å²) < 4.78 is 0. The summed E-state index contributed by atoms with van der Waals surface area (Å²) in [6.07, 6.45) is 0. The molecule has 0 aromatic carbocycles. The van der Waals surface area contributed by atoms with E-state index in [9.17, 15) is 4.79 Å². The molecule has 0 bridgehead atoms. The molecule has 2 rings (SSSR count). The minimum Gasteiger partial charge on any atom is -0.478 e. The molecule has 0 saturated carbocycles. The number of carboxylic acid groups (broad SMARTS) is 1. The zero-order chi connectivity index (χ0) is 16.5. The Morgan fingerprint density at radius 1 is 0.952 bits per heavy atom. The molecule has 1 aliphatic heterocycles. The highest BCUT2D eigenvalue weighted by molar-refractivity contribution is 6.42. The molecule has 0 amide bonds. The Hall–Kier alpha value is -1.71. The molecular weight excluding hydrogens is 264 g/mol. The van der Waals surface area contributed by atoms with Gasteiger partial charge in [0, 0.05) is 0 Å². The lowest BCUT2D eigenvalue weighted by atomic mass is 10.00. The molecule has 0 fully saturated rings. The Kier molecular flexibility index (Phi) is 4.92. The SMILES string of the molecule is CC1=C(C)C(C)C(C)=C1C.CC1=NC(C)(C(=O)O)N=C1C. The van der Waals surface area contributed by atoms with Crippen molar-refractivity contribution in [3.8, 4) is 0 Å². The molecule has 0 spiro atoms. The average Bonchev–Trinajstić information content (AvgIpc) is 2.77. The maximum atomic E-state index is 10.6. The van der Waals surface area contributed by atoms with Crippen LogP contribution in [0.5, 0.6) is 0 Å². The third-order valence-corrected chi connectivity index (χ3v) is 4.74. The van der Waals surface area contributed by atoms with Crippen molar-refractivity contribution in [2.75, 3.05) is 0 Å². The first kappa shape index (κ1) is 17.3. The quantitative estimate of drug-likeness (QED) is 0.792. The third kappa shape index (κ3) is 3.31. The van der Waals surface area contributed by atoms with E-state index in [4.69, 9.17) is 5.11 Å². The van der Waals surface area contributed by atoms with Gasteiger partial charge >= 0.3 is 5.97 Å². The Balaban J connectivity index is 0.000000211. The van der Waals surface area contributed by atoms with Crippen LogP contribution in [0.3, 0.4) is 0 Å². The predicted octanol–water partition coefficient (Wildman–Crippen LogP) is 4.03. The summed E-state index contributed by atoms with van der Waals surface area (Å²) in [4.78, 5) is 18.4. The normalized spacial score (nSPS) is 21.1. The van der Waals surface area contributed by atoms with Crippen LogP contribution >= 0.6 is 0 Å². The largest absolute Gasteiger partial charge is 0.478 e. The van der Waals surface area contributed by atoms with Crippen molar-refractivity contribution >= 4 is 17.4 Å². The molecule has 2 aliphatic rings. The van der Waals surface area contributed by atoms with E-state index in [0.29, 0.717) is 17.3 Å². The molecule has 0 radical (unpaired) electrons. The number of allylic oxidation sites excluding steroid dienone is 4. The van der Waals surface area contributed by atoms with E-state index in [2.05, 4.69) is 44.6 Å². The highest BCUT2D eigenvalue weighted by Crippen LogP contribution is 2.35. The first-order valence-electron chi connectivity index (χ1n) is 7.23. The number of carboxylic acids is 1. The number of nitrogens with zero attached hydrogens (tertiary/aromatic N) is 2. The highest BCUT2D eigenvalue weighted by atomic mass is 16.4. The van der Waals surface area contributed by atoms with Crippen molar-refractivity contribution in [2.24, 2.45) is 15.9 Å². The van der Waals surface area contributed by atoms with Crippen LogP contribution in [0.15, 0.2) is 32.3 Å². The summed E-state index contributed by atoms with van der Waals surface area (Å²) in [6, 6.07) is 0. The van der Waals surface area contributed by atoms with E-state index in [1.165, 1.54) is 18.1 Å². The Labute approximate surface area is 127 Å². The van der Waals surface area contributed by atoms with Crippen LogP contribution in [0.25, 0.3) is 0 Å². The standard InChI is InChI=1S/C10H16.C7H10N2O2/c1-6-7(2)9(4)10(5)8(6)3;1-4-5(2)9-7(3,8-4)6(10)11/h6H,1-5H3;1-3H3,(H,10,11). The molecule has 0 aromatic heterocycles. The van der Waals surface area contributed by atoms with Crippen LogP contribution < -0.4 is 0 Å². The maximum absolute atomic E-state index is 10.6. The monoisotopic (exact) mass is 290 g/mol. The van der Waals surface area contributed by atoms with E-state index >= 15 is 0 Å². The van der Waals surface area contributed by atoms with E-state index in [-0.39, 0.29) is 0 Å². The fraction of sp³-hybridized carbons (Fsp3) is 0.588. The maximum Gasteiger partial charge on any atom is 0.354 e. The zero-order valence-electron chi connectivity index (χ0n) is 14.3. The first-order valence-corrected chi connectivity index (χ1v) is 7.23. The summed E-state index contributed by atoms with van der Waals surface area (Å²) in [7, 11) is 0. The van der Waals surface area contributed by atoms with E-state index in [1.54, 1.807) is 25.0 Å². The van der Waals surface area contributed by atoms with Crippen LogP contribution in [0.1, 0.15) is 55.4 Å². The summed E-state index contributed by atoms with van der Waals surface area (Å²) in [5.74, 6) is -0.311. The molecule has 0 atom stereocenters. The predicted molar refractivity (Wildman–Crippen MR) is 88.2 cm³/mol. The van der Waals surface area contributed by atoms with Gasteiger partial charge in [0.1, 0.15) is 0 Å². The molecule has 4 nitrogen and oxygen atoms in total. The van der Waals surface area contributed by atoms with Gasteiger partial charge in [0.05, 0.1) is 11.4 Å². The smallest absolute Gasteiger partial charge is 0.354 e. The molecule has 0 aromatic rings. The lowest BCUT2D eigenvalue weighted by molar-refractivity contribution is -0.142. The molecular formula is C17H26N2O2. The van der Waals surface area contributed by atoms with Gasteiger partial charge in [-0.15, -0.1) is 0 Å². The Morgan fingerprint density at radius 2 is 1.29 bits per heavy atom. The van der Waals surface area contributed by atoms with Crippen LogP contribution in [-0.4, -0.2) is 28.2 Å². The number of hydrogen-bond acceptors (Lipinski definition) is 3. The second-order valence-electron chi connectivity index (χ2n) is 6.06. The molecule has 0 saturated heterocycles. The van der Waals surface area contributed by atoms with Gasteiger partial charge in [-0.05, 0) is 65.5 Å². The summed E-state index contributed by atoms with van der Waals surface area (Å²) >= 11 is 0. The van der Waals surface area contributed by atoms with Crippen molar-refractivity contribution in [1.82, 2.24) is 0 Å². The first-order chi connectivity index (χ1) is 9.51. The Morgan fingerprint density at radius 3 is 1.43 bits per heavy atom. The molecule has 116 valence electrons. The van der Waals surface area contributed by atoms with Gasteiger partial charge in [-0.2, -0.15) is 0 Å². The highest BCUT2D eigenvalue weighted by Gasteiger charge is 2.35. The summed E-state index contributed by atoms with van der Waals surface area (Å²) in [5, 5.41) is 8.69. The van der Waals surface area contributed by atoms with Crippen molar-refractivity contribution in [3.05, 3.63) is 22.3 Å². The summed E-state index contributed by atoms with van der Waals surface area (Å²) in [5.41, 5.74) is 6.25.